The van der Waals surface area contributed by atoms with Crippen LogP contribution in [0.1, 0.15) is 27.7 Å². The molecule has 0 spiro atoms. The smallest absolute Gasteiger partial charge is 0.417 e. The summed E-state index contributed by atoms with van der Waals surface area (Å²) < 4.78 is 10.0. The van der Waals surface area contributed by atoms with E-state index in [1.807, 2.05) is 20.8 Å². The number of hydrogen-bond donors (Lipinski definition) is 0. The molecule has 5 heteroatoms. The zero-order valence-corrected chi connectivity index (χ0v) is 10.6. The van der Waals surface area contributed by atoms with E-state index < -0.39 is 6.09 Å². The Balaban J connectivity index is 4.42. The van der Waals surface area contributed by atoms with Gasteiger partial charge in [0.1, 0.15) is 0 Å². The van der Waals surface area contributed by atoms with Crippen molar-refractivity contribution in [2.45, 2.75) is 27.7 Å². The van der Waals surface area contributed by atoms with Crippen molar-refractivity contribution >= 4 is 23.5 Å². The lowest BCUT2D eigenvalue weighted by atomic mass is 10.2. The monoisotopic (exact) mass is 233 g/mol. The molecule has 0 aromatic heterocycles. The minimum absolute atomic E-state index is 0.185. The molecule has 0 unspecified atom stereocenters. The number of carbonyl (C=O) groups is 1. The van der Waals surface area contributed by atoms with Gasteiger partial charge in [-0.25, -0.2) is 9.69 Å². The molecule has 4 nitrogen and oxygen atoms in total. The minimum atomic E-state index is -0.440. The van der Waals surface area contributed by atoms with Gasteiger partial charge in [-0.2, -0.15) is 0 Å². The molecule has 88 valence electrons. The van der Waals surface area contributed by atoms with E-state index in [1.54, 1.807) is 6.92 Å². The van der Waals surface area contributed by atoms with Crippen LogP contribution < -0.4 is 0 Å². The molecule has 15 heavy (non-hydrogen) atoms. The van der Waals surface area contributed by atoms with Gasteiger partial charge in [-0.05, 0) is 32.0 Å². The van der Waals surface area contributed by atoms with Gasteiger partial charge in [0, 0.05) is 6.54 Å². The zero-order chi connectivity index (χ0) is 11.8. The molecule has 0 aliphatic rings. The molecule has 0 heterocycles. The topological polar surface area (TPSA) is 38.8 Å². The van der Waals surface area contributed by atoms with Gasteiger partial charge in [-0.1, -0.05) is 13.8 Å². The van der Waals surface area contributed by atoms with Gasteiger partial charge >= 0.3 is 6.09 Å². The minimum Gasteiger partial charge on any atom is -0.471 e. The van der Waals surface area contributed by atoms with Crippen molar-refractivity contribution in [3.05, 3.63) is 0 Å². The van der Waals surface area contributed by atoms with Gasteiger partial charge in [0.15, 0.2) is 0 Å². The van der Waals surface area contributed by atoms with Crippen molar-refractivity contribution in [2.75, 3.05) is 19.8 Å². The summed E-state index contributed by atoms with van der Waals surface area (Å²) in [4.78, 5) is 12.9. The van der Waals surface area contributed by atoms with Crippen molar-refractivity contribution in [1.29, 1.82) is 0 Å². The molecule has 0 aromatic carbocycles. The molecule has 0 bridgehead atoms. The standard InChI is InChI=1S/C10H19NO3S/c1-5-13-9(12)11(7-8(3)4)10(15)14-6-2/h8H,5-7H2,1-4H3. The average Bonchev–Trinajstić information content (AvgIpc) is 2.14. The van der Waals surface area contributed by atoms with Crippen LogP contribution in [-0.2, 0) is 9.47 Å². The predicted octanol–water partition coefficient (Wildman–Crippen LogP) is 2.42. The number of amides is 1. The average molecular weight is 233 g/mol. The highest BCUT2D eigenvalue weighted by Crippen LogP contribution is 2.04. The number of carbonyl (C=O) groups excluding carboxylic acids is 1. The Morgan fingerprint density at radius 1 is 1.27 bits per heavy atom. The highest BCUT2D eigenvalue weighted by atomic mass is 32.1. The van der Waals surface area contributed by atoms with E-state index in [-0.39, 0.29) is 5.17 Å². The van der Waals surface area contributed by atoms with Gasteiger partial charge in [-0.3, -0.25) is 0 Å². The fraction of sp³-hybridized carbons (Fsp3) is 0.800. The molecule has 0 radical (unpaired) electrons. The van der Waals surface area contributed by atoms with Gasteiger partial charge in [0.25, 0.3) is 5.17 Å². The molecular weight excluding hydrogens is 214 g/mol. The summed E-state index contributed by atoms with van der Waals surface area (Å²) in [5.41, 5.74) is 0. The third-order valence-electron chi connectivity index (χ3n) is 1.52. The Bertz CT molecular complexity index is 201. The summed E-state index contributed by atoms with van der Waals surface area (Å²) in [6.07, 6.45) is -0.440. The Morgan fingerprint density at radius 2 is 1.80 bits per heavy atom. The van der Waals surface area contributed by atoms with Crippen molar-refractivity contribution < 1.29 is 14.3 Å². The highest BCUT2D eigenvalue weighted by molar-refractivity contribution is 7.80. The lowest BCUT2D eigenvalue weighted by Crippen LogP contribution is -2.40. The maximum Gasteiger partial charge on any atom is 0.417 e. The summed E-state index contributed by atoms with van der Waals surface area (Å²) in [5, 5.41) is 0.185. The quantitative estimate of drug-likeness (QED) is 0.699. The number of hydrogen-bond acceptors (Lipinski definition) is 4. The van der Waals surface area contributed by atoms with Crippen LogP contribution in [0.5, 0.6) is 0 Å². The first-order valence-corrected chi connectivity index (χ1v) is 5.54. The molecule has 0 aliphatic heterocycles. The first-order valence-electron chi connectivity index (χ1n) is 5.13. The van der Waals surface area contributed by atoms with Crippen LogP contribution in [0, 0.1) is 5.92 Å². The third kappa shape index (κ3) is 5.57. The first kappa shape index (κ1) is 14.2. The summed E-state index contributed by atoms with van der Waals surface area (Å²) in [6, 6.07) is 0. The van der Waals surface area contributed by atoms with Crippen LogP contribution in [0.2, 0.25) is 0 Å². The van der Waals surface area contributed by atoms with E-state index in [1.165, 1.54) is 4.90 Å². The van der Waals surface area contributed by atoms with Crippen LogP contribution in [0.15, 0.2) is 0 Å². The van der Waals surface area contributed by atoms with E-state index in [9.17, 15) is 4.79 Å². The van der Waals surface area contributed by atoms with Crippen LogP contribution >= 0.6 is 12.2 Å². The number of nitrogens with zero attached hydrogens (tertiary/aromatic N) is 1. The molecule has 0 atom stereocenters. The second-order valence-corrected chi connectivity index (χ2v) is 3.75. The summed E-state index contributed by atoms with van der Waals surface area (Å²) >= 11 is 4.99. The third-order valence-corrected chi connectivity index (χ3v) is 1.86. The van der Waals surface area contributed by atoms with Crippen LogP contribution in [0.4, 0.5) is 4.79 Å². The molecule has 0 saturated heterocycles. The van der Waals surface area contributed by atoms with Crippen molar-refractivity contribution in [3.8, 4) is 0 Å². The summed E-state index contributed by atoms with van der Waals surface area (Å²) in [5.74, 6) is 0.313. The Hall–Kier alpha value is -0.840. The molecule has 0 saturated carbocycles. The molecule has 0 rings (SSSR count). The summed E-state index contributed by atoms with van der Waals surface area (Å²) in [7, 11) is 0. The van der Waals surface area contributed by atoms with Crippen LogP contribution in [-0.4, -0.2) is 35.9 Å². The zero-order valence-electron chi connectivity index (χ0n) is 9.78. The van der Waals surface area contributed by atoms with Crippen LogP contribution in [0.25, 0.3) is 0 Å². The van der Waals surface area contributed by atoms with Gasteiger partial charge < -0.3 is 9.47 Å². The molecular formula is C10H19NO3S. The Kier molecular flexibility index (Phi) is 7.03. The summed E-state index contributed by atoms with van der Waals surface area (Å²) in [6.45, 7) is 8.88. The fourth-order valence-electron chi connectivity index (χ4n) is 0.992. The van der Waals surface area contributed by atoms with E-state index in [0.29, 0.717) is 25.7 Å². The predicted molar refractivity (Wildman–Crippen MR) is 62.8 cm³/mol. The molecule has 1 amide bonds. The normalized spacial score (nSPS) is 9.93. The number of rotatable bonds is 4. The molecule has 0 N–H and O–H groups in total. The molecule has 0 aromatic rings. The SMILES string of the molecule is CCOC(=O)N(CC(C)C)C(=S)OCC. The number of ether oxygens (including phenoxy) is 2. The fourth-order valence-corrected chi connectivity index (χ4v) is 1.26. The maximum absolute atomic E-state index is 11.5. The van der Waals surface area contributed by atoms with Crippen molar-refractivity contribution in [3.63, 3.8) is 0 Å². The molecule has 0 fully saturated rings. The van der Waals surface area contributed by atoms with E-state index in [2.05, 4.69) is 0 Å². The number of thiocarbonyl (C=S) groups is 1. The lowest BCUT2D eigenvalue weighted by molar-refractivity contribution is 0.116. The van der Waals surface area contributed by atoms with E-state index >= 15 is 0 Å². The second-order valence-electron chi connectivity index (χ2n) is 3.40. The van der Waals surface area contributed by atoms with E-state index in [4.69, 9.17) is 21.7 Å². The Labute approximate surface area is 96.5 Å². The highest BCUT2D eigenvalue weighted by Gasteiger charge is 2.21. The van der Waals surface area contributed by atoms with Crippen molar-refractivity contribution in [1.82, 2.24) is 4.90 Å². The first-order chi connectivity index (χ1) is 7.02. The maximum atomic E-state index is 11.5. The Morgan fingerprint density at radius 3 is 2.20 bits per heavy atom. The largest absolute Gasteiger partial charge is 0.471 e. The van der Waals surface area contributed by atoms with Crippen molar-refractivity contribution in [2.24, 2.45) is 5.92 Å². The van der Waals surface area contributed by atoms with Gasteiger partial charge in [-0.15, -0.1) is 0 Å². The molecule has 0 aliphatic carbocycles. The van der Waals surface area contributed by atoms with Gasteiger partial charge in [0.2, 0.25) is 0 Å². The van der Waals surface area contributed by atoms with Crippen LogP contribution in [0.3, 0.4) is 0 Å². The second kappa shape index (κ2) is 7.45. The van der Waals surface area contributed by atoms with E-state index in [0.717, 1.165) is 0 Å². The van der Waals surface area contributed by atoms with Gasteiger partial charge in [0.05, 0.1) is 13.2 Å². The lowest BCUT2D eigenvalue weighted by Gasteiger charge is -2.23.